The molecule has 2 heterocycles. The second kappa shape index (κ2) is 3.29. The standard InChI is InChI=1S/C7H12ClN.ClH/c8-5-3-6-1-2-7(4-5)9-6;/h5-7,9H,1-4H2;1H. The molecule has 0 amide bonds. The van der Waals surface area contributed by atoms with Crippen LogP contribution >= 0.6 is 24.0 Å². The van der Waals surface area contributed by atoms with E-state index in [1.165, 1.54) is 25.7 Å². The van der Waals surface area contributed by atoms with E-state index in [4.69, 9.17) is 11.6 Å². The highest BCUT2D eigenvalue weighted by Gasteiger charge is 2.32. The molecule has 3 heteroatoms. The molecular weight excluding hydrogens is 169 g/mol. The molecule has 2 aliphatic heterocycles. The van der Waals surface area contributed by atoms with Crippen molar-refractivity contribution < 1.29 is 0 Å². The normalized spacial score (nSPS) is 44.7. The van der Waals surface area contributed by atoms with E-state index < -0.39 is 0 Å². The lowest BCUT2D eigenvalue weighted by atomic mass is 10.1. The molecule has 2 rings (SSSR count). The molecule has 2 fully saturated rings. The fraction of sp³-hybridized carbons (Fsp3) is 1.00. The highest BCUT2D eigenvalue weighted by molar-refractivity contribution is 6.20. The van der Waals surface area contributed by atoms with Crippen molar-refractivity contribution in [2.45, 2.75) is 43.1 Å². The molecule has 0 aromatic carbocycles. The molecule has 2 atom stereocenters. The van der Waals surface area contributed by atoms with Gasteiger partial charge in [0.05, 0.1) is 0 Å². The highest BCUT2D eigenvalue weighted by atomic mass is 35.5. The van der Waals surface area contributed by atoms with Gasteiger partial charge in [-0.3, -0.25) is 0 Å². The highest BCUT2D eigenvalue weighted by Crippen LogP contribution is 2.29. The molecule has 2 bridgehead atoms. The minimum Gasteiger partial charge on any atom is -0.311 e. The largest absolute Gasteiger partial charge is 0.311 e. The zero-order valence-electron chi connectivity index (χ0n) is 5.85. The Morgan fingerprint density at radius 2 is 1.60 bits per heavy atom. The first-order chi connectivity index (χ1) is 4.34. The Morgan fingerprint density at radius 1 is 1.10 bits per heavy atom. The summed E-state index contributed by atoms with van der Waals surface area (Å²) < 4.78 is 0. The Hall–Kier alpha value is 0.540. The summed E-state index contributed by atoms with van der Waals surface area (Å²) in [7, 11) is 0. The summed E-state index contributed by atoms with van der Waals surface area (Å²) in [6, 6.07) is 1.51. The summed E-state index contributed by atoms with van der Waals surface area (Å²) in [5.41, 5.74) is 0. The quantitative estimate of drug-likeness (QED) is 0.564. The van der Waals surface area contributed by atoms with Gasteiger partial charge >= 0.3 is 0 Å². The molecule has 2 aliphatic rings. The van der Waals surface area contributed by atoms with Crippen LogP contribution in [0.25, 0.3) is 0 Å². The molecule has 0 aromatic rings. The summed E-state index contributed by atoms with van der Waals surface area (Å²) in [6.45, 7) is 0. The molecule has 60 valence electrons. The van der Waals surface area contributed by atoms with E-state index >= 15 is 0 Å². The number of nitrogens with one attached hydrogen (secondary N) is 1. The number of fused-ring (bicyclic) bond motifs is 2. The van der Waals surface area contributed by atoms with Crippen LogP contribution in [0, 0.1) is 0 Å². The molecule has 0 aliphatic carbocycles. The van der Waals surface area contributed by atoms with E-state index in [1.54, 1.807) is 0 Å². The van der Waals surface area contributed by atoms with Gasteiger partial charge < -0.3 is 5.32 Å². The first-order valence-electron chi connectivity index (χ1n) is 3.75. The number of rotatable bonds is 0. The van der Waals surface area contributed by atoms with Gasteiger partial charge in [-0.15, -0.1) is 24.0 Å². The predicted octanol–water partition coefficient (Wildman–Crippen LogP) is 1.93. The van der Waals surface area contributed by atoms with Crippen LogP contribution in [0.2, 0.25) is 0 Å². The van der Waals surface area contributed by atoms with Crippen molar-refractivity contribution in [1.82, 2.24) is 5.32 Å². The van der Waals surface area contributed by atoms with Crippen molar-refractivity contribution in [2.24, 2.45) is 0 Å². The van der Waals surface area contributed by atoms with Crippen LogP contribution < -0.4 is 5.32 Å². The van der Waals surface area contributed by atoms with Crippen LogP contribution in [0.5, 0.6) is 0 Å². The topological polar surface area (TPSA) is 12.0 Å². The lowest BCUT2D eigenvalue weighted by molar-refractivity contribution is 0.411. The number of alkyl halides is 1. The second-order valence-electron chi connectivity index (χ2n) is 3.21. The van der Waals surface area contributed by atoms with Gasteiger partial charge in [0.1, 0.15) is 0 Å². The van der Waals surface area contributed by atoms with E-state index in [1.807, 2.05) is 0 Å². The SMILES string of the molecule is Cl.ClC1CC2CCC(C1)N2. The summed E-state index contributed by atoms with van der Waals surface area (Å²) >= 11 is 6.01. The van der Waals surface area contributed by atoms with Gasteiger partial charge in [0.2, 0.25) is 0 Å². The Kier molecular flexibility index (Phi) is 2.84. The second-order valence-corrected chi connectivity index (χ2v) is 3.82. The molecule has 2 unspecified atom stereocenters. The number of halogens is 2. The van der Waals surface area contributed by atoms with Gasteiger partial charge in [-0.2, -0.15) is 0 Å². The van der Waals surface area contributed by atoms with Crippen molar-refractivity contribution >= 4 is 24.0 Å². The maximum atomic E-state index is 6.01. The van der Waals surface area contributed by atoms with E-state index in [2.05, 4.69) is 5.32 Å². The predicted molar refractivity (Wildman–Crippen MR) is 46.1 cm³/mol. The summed E-state index contributed by atoms with van der Waals surface area (Å²) in [4.78, 5) is 0. The molecular formula is C7H13Cl2N. The van der Waals surface area contributed by atoms with Crippen LogP contribution in [0.15, 0.2) is 0 Å². The number of hydrogen-bond acceptors (Lipinski definition) is 1. The Balaban J connectivity index is 0.000000500. The first kappa shape index (κ1) is 8.63. The van der Waals surface area contributed by atoms with Crippen molar-refractivity contribution in [3.8, 4) is 0 Å². The van der Waals surface area contributed by atoms with Crippen molar-refractivity contribution in [3.05, 3.63) is 0 Å². The van der Waals surface area contributed by atoms with Crippen molar-refractivity contribution in [3.63, 3.8) is 0 Å². The lowest BCUT2D eigenvalue weighted by Gasteiger charge is -2.24. The number of piperidine rings is 1. The average molecular weight is 182 g/mol. The zero-order chi connectivity index (χ0) is 6.27. The summed E-state index contributed by atoms with van der Waals surface area (Å²) in [5.74, 6) is 0. The molecule has 0 spiro atoms. The molecule has 2 saturated heterocycles. The summed E-state index contributed by atoms with van der Waals surface area (Å²) in [6.07, 6.45) is 5.10. The average Bonchev–Trinajstić information content (AvgIpc) is 2.11. The van der Waals surface area contributed by atoms with E-state index in [0.717, 1.165) is 12.1 Å². The van der Waals surface area contributed by atoms with Gasteiger partial charge in [0.25, 0.3) is 0 Å². The van der Waals surface area contributed by atoms with E-state index in [9.17, 15) is 0 Å². The molecule has 1 N–H and O–H groups in total. The molecule has 0 radical (unpaired) electrons. The maximum Gasteiger partial charge on any atom is 0.0365 e. The van der Waals surface area contributed by atoms with Crippen molar-refractivity contribution in [2.75, 3.05) is 0 Å². The minimum atomic E-state index is 0. The van der Waals surface area contributed by atoms with Gasteiger partial charge in [-0.1, -0.05) is 0 Å². The third-order valence-electron chi connectivity index (χ3n) is 2.42. The molecule has 1 nitrogen and oxygen atoms in total. The molecule has 10 heavy (non-hydrogen) atoms. The van der Waals surface area contributed by atoms with E-state index in [-0.39, 0.29) is 12.4 Å². The third kappa shape index (κ3) is 1.58. The lowest BCUT2D eigenvalue weighted by Crippen LogP contribution is -2.38. The van der Waals surface area contributed by atoms with Crippen LogP contribution in [0.3, 0.4) is 0 Å². The maximum absolute atomic E-state index is 6.01. The van der Waals surface area contributed by atoms with Crippen LogP contribution in [0.1, 0.15) is 25.7 Å². The third-order valence-corrected chi connectivity index (χ3v) is 2.77. The molecule has 0 aromatic heterocycles. The number of hydrogen-bond donors (Lipinski definition) is 1. The van der Waals surface area contributed by atoms with Crippen molar-refractivity contribution in [1.29, 1.82) is 0 Å². The smallest absolute Gasteiger partial charge is 0.0365 e. The van der Waals surface area contributed by atoms with Gasteiger partial charge in [-0.25, -0.2) is 0 Å². The van der Waals surface area contributed by atoms with Gasteiger partial charge in [-0.05, 0) is 25.7 Å². The zero-order valence-corrected chi connectivity index (χ0v) is 7.42. The van der Waals surface area contributed by atoms with Crippen LogP contribution in [-0.2, 0) is 0 Å². The van der Waals surface area contributed by atoms with Gasteiger partial charge in [0, 0.05) is 17.5 Å². The summed E-state index contributed by atoms with van der Waals surface area (Å²) in [5, 5.41) is 4.00. The van der Waals surface area contributed by atoms with Crippen LogP contribution in [-0.4, -0.2) is 17.5 Å². The first-order valence-corrected chi connectivity index (χ1v) is 4.18. The Labute approximate surface area is 72.9 Å². The fourth-order valence-corrected chi connectivity index (χ4v) is 2.42. The fourth-order valence-electron chi connectivity index (χ4n) is 1.99. The monoisotopic (exact) mass is 181 g/mol. The van der Waals surface area contributed by atoms with Crippen LogP contribution in [0.4, 0.5) is 0 Å². The Morgan fingerprint density at radius 3 is 2.10 bits per heavy atom. The minimum absolute atomic E-state index is 0. The molecule has 0 saturated carbocycles. The van der Waals surface area contributed by atoms with E-state index in [0.29, 0.717) is 5.38 Å². The Bertz CT molecular complexity index is 106. The van der Waals surface area contributed by atoms with Gasteiger partial charge in [0.15, 0.2) is 0 Å².